The van der Waals surface area contributed by atoms with E-state index in [1.807, 2.05) is 10.3 Å². The molecule has 30 heavy (non-hydrogen) atoms. The Morgan fingerprint density at radius 2 is 2.07 bits per heavy atom. The number of morpholine rings is 1. The van der Waals surface area contributed by atoms with Crippen molar-refractivity contribution in [3.05, 3.63) is 52.3 Å². The first-order chi connectivity index (χ1) is 14.3. The van der Waals surface area contributed by atoms with Crippen molar-refractivity contribution in [2.24, 2.45) is 0 Å². The number of carbonyl (C=O) groups is 1. The lowest BCUT2D eigenvalue weighted by atomic mass is 10.1. The Balaban J connectivity index is 1.60. The summed E-state index contributed by atoms with van der Waals surface area (Å²) in [7, 11) is 0. The van der Waals surface area contributed by atoms with Crippen molar-refractivity contribution in [3.63, 3.8) is 0 Å². The van der Waals surface area contributed by atoms with Crippen LogP contribution in [0.5, 0.6) is 0 Å². The van der Waals surface area contributed by atoms with Crippen molar-refractivity contribution in [1.29, 1.82) is 0 Å². The molecule has 0 saturated carbocycles. The van der Waals surface area contributed by atoms with Gasteiger partial charge in [-0.2, -0.15) is 13.2 Å². The van der Waals surface area contributed by atoms with Gasteiger partial charge >= 0.3 is 6.18 Å². The van der Waals surface area contributed by atoms with Gasteiger partial charge in [0.2, 0.25) is 5.91 Å². The minimum absolute atomic E-state index is 0.0847. The Labute approximate surface area is 178 Å². The first-order valence-corrected chi connectivity index (χ1v) is 10.2. The normalized spacial score (nSPS) is 15.3. The number of ether oxygens (including phenoxy) is 1. The van der Waals surface area contributed by atoms with Crippen molar-refractivity contribution in [2.75, 3.05) is 36.5 Å². The number of halogens is 4. The zero-order valence-electron chi connectivity index (χ0n) is 15.4. The average molecular weight is 457 g/mol. The number of imidazole rings is 1. The van der Waals surface area contributed by atoms with E-state index in [1.165, 1.54) is 29.6 Å². The van der Waals surface area contributed by atoms with Gasteiger partial charge in [-0.1, -0.05) is 11.6 Å². The van der Waals surface area contributed by atoms with Crippen LogP contribution in [0.3, 0.4) is 0 Å². The molecule has 1 saturated heterocycles. The molecule has 1 aromatic carbocycles. The van der Waals surface area contributed by atoms with Crippen LogP contribution in [0.25, 0.3) is 11.0 Å². The third kappa shape index (κ3) is 4.30. The first kappa shape index (κ1) is 20.7. The van der Waals surface area contributed by atoms with E-state index in [1.54, 1.807) is 10.6 Å². The molecule has 1 aliphatic rings. The molecule has 1 N–H and O–H groups in total. The Hall–Kier alpha value is -2.56. The van der Waals surface area contributed by atoms with Crippen molar-refractivity contribution in [3.8, 4) is 0 Å². The smallest absolute Gasteiger partial charge is 0.378 e. The van der Waals surface area contributed by atoms with Crippen LogP contribution in [0, 0.1) is 0 Å². The van der Waals surface area contributed by atoms with E-state index in [0.29, 0.717) is 42.6 Å². The summed E-state index contributed by atoms with van der Waals surface area (Å²) in [4.78, 5) is 19.2. The number of hydrogen-bond donors (Lipinski definition) is 1. The monoisotopic (exact) mass is 456 g/mol. The summed E-state index contributed by atoms with van der Waals surface area (Å²) in [5.41, 5.74) is 0.273. The van der Waals surface area contributed by atoms with Gasteiger partial charge in [0.15, 0.2) is 10.1 Å². The summed E-state index contributed by atoms with van der Waals surface area (Å²) in [6.07, 6.45) is -0.0584. The second-order valence-corrected chi connectivity index (χ2v) is 7.73. The first-order valence-electron chi connectivity index (χ1n) is 8.97. The minimum atomic E-state index is -4.52. The van der Waals surface area contributed by atoms with Crippen LogP contribution < -0.4 is 10.2 Å². The Morgan fingerprint density at radius 3 is 2.80 bits per heavy atom. The lowest BCUT2D eigenvalue weighted by Gasteiger charge is -2.30. The molecular weight excluding hydrogens is 441 g/mol. The van der Waals surface area contributed by atoms with E-state index >= 15 is 0 Å². The van der Waals surface area contributed by atoms with E-state index in [2.05, 4.69) is 10.3 Å². The molecule has 0 spiro atoms. The second kappa shape index (κ2) is 8.29. The van der Waals surface area contributed by atoms with Crippen LogP contribution in [0.2, 0.25) is 5.15 Å². The van der Waals surface area contributed by atoms with Gasteiger partial charge in [0.25, 0.3) is 0 Å². The predicted molar refractivity (Wildman–Crippen MR) is 110 cm³/mol. The second-order valence-electron chi connectivity index (χ2n) is 6.50. The van der Waals surface area contributed by atoms with Crippen LogP contribution >= 0.6 is 22.9 Å². The summed E-state index contributed by atoms with van der Waals surface area (Å²) in [5, 5.41) is 4.63. The van der Waals surface area contributed by atoms with Crippen LogP contribution in [-0.4, -0.2) is 41.6 Å². The Bertz CT molecular complexity index is 1100. The van der Waals surface area contributed by atoms with E-state index in [4.69, 9.17) is 16.3 Å². The fourth-order valence-corrected chi connectivity index (χ4v) is 4.15. The van der Waals surface area contributed by atoms with Crippen molar-refractivity contribution in [2.45, 2.75) is 6.18 Å². The van der Waals surface area contributed by atoms with Crippen molar-refractivity contribution in [1.82, 2.24) is 9.38 Å². The Kier molecular flexibility index (Phi) is 5.72. The number of rotatable bonds is 4. The quantitative estimate of drug-likeness (QED) is 0.585. The molecule has 4 rings (SSSR count). The number of nitrogens with one attached hydrogen (secondary N) is 1. The molecule has 6 nitrogen and oxygen atoms in total. The molecule has 158 valence electrons. The average Bonchev–Trinajstić information content (AvgIpc) is 3.27. The summed E-state index contributed by atoms with van der Waals surface area (Å²) < 4.78 is 46.6. The highest BCUT2D eigenvalue weighted by Crippen LogP contribution is 2.36. The third-order valence-corrected chi connectivity index (χ3v) is 5.62. The predicted octanol–water partition coefficient (Wildman–Crippen LogP) is 4.56. The summed E-state index contributed by atoms with van der Waals surface area (Å²) >= 11 is 7.49. The van der Waals surface area contributed by atoms with E-state index in [0.717, 1.165) is 12.1 Å². The number of carbonyl (C=O) groups excluding carboxylic acids is 1. The molecule has 0 radical (unpaired) electrons. The lowest BCUT2D eigenvalue weighted by molar-refractivity contribution is -0.137. The SMILES string of the molecule is O=C(/C=C/c1c(Cl)nc2sccn12)Nc1cc(C(F)(F)F)ccc1N1CCOCC1. The molecule has 1 aliphatic heterocycles. The van der Waals surface area contributed by atoms with Gasteiger partial charge in [0, 0.05) is 30.7 Å². The standard InChI is InChI=1S/C19H16ClF3N4O2S/c20-17-15(27-7-10-30-18(27)25-17)3-4-16(28)24-13-11-12(19(21,22)23)1-2-14(13)26-5-8-29-9-6-26/h1-4,7,10-11H,5-6,8-9H2,(H,24,28)/b4-3+. The third-order valence-electron chi connectivity index (χ3n) is 4.58. The summed E-state index contributed by atoms with van der Waals surface area (Å²) in [5.74, 6) is -0.579. The minimum Gasteiger partial charge on any atom is -0.378 e. The van der Waals surface area contributed by atoms with E-state index < -0.39 is 17.6 Å². The highest BCUT2D eigenvalue weighted by molar-refractivity contribution is 7.15. The van der Waals surface area contributed by atoms with Gasteiger partial charge < -0.3 is 15.0 Å². The number of aromatic nitrogens is 2. The van der Waals surface area contributed by atoms with Gasteiger partial charge in [-0.15, -0.1) is 11.3 Å². The van der Waals surface area contributed by atoms with Crippen molar-refractivity contribution >= 4 is 51.3 Å². The van der Waals surface area contributed by atoms with Crippen LogP contribution in [0.4, 0.5) is 24.5 Å². The van der Waals surface area contributed by atoms with Gasteiger partial charge in [-0.3, -0.25) is 9.20 Å². The fraction of sp³-hybridized carbons (Fsp3) is 0.263. The zero-order valence-corrected chi connectivity index (χ0v) is 17.0. The van der Waals surface area contributed by atoms with Gasteiger partial charge in [0.1, 0.15) is 0 Å². The molecule has 1 amide bonds. The zero-order chi connectivity index (χ0) is 21.3. The molecule has 3 heterocycles. The Morgan fingerprint density at radius 1 is 1.30 bits per heavy atom. The number of fused-ring (bicyclic) bond motifs is 1. The topological polar surface area (TPSA) is 58.9 Å². The molecular formula is C19H16ClF3N4O2S. The molecule has 1 fully saturated rings. The number of thiazole rings is 1. The number of nitrogens with zero attached hydrogens (tertiary/aromatic N) is 3. The number of benzene rings is 1. The molecule has 2 aromatic heterocycles. The molecule has 11 heteroatoms. The largest absolute Gasteiger partial charge is 0.416 e. The van der Waals surface area contributed by atoms with Gasteiger partial charge in [-0.25, -0.2) is 4.98 Å². The van der Waals surface area contributed by atoms with Gasteiger partial charge in [0.05, 0.1) is 35.8 Å². The summed E-state index contributed by atoms with van der Waals surface area (Å²) in [6, 6.07) is 3.32. The number of anilines is 2. The molecule has 0 atom stereocenters. The van der Waals surface area contributed by atoms with Crippen LogP contribution in [0.1, 0.15) is 11.3 Å². The van der Waals surface area contributed by atoms with Crippen molar-refractivity contribution < 1.29 is 22.7 Å². The molecule has 0 bridgehead atoms. The number of hydrogen-bond acceptors (Lipinski definition) is 5. The maximum Gasteiger partial charge on any atom is 0.416 e. The fourth-order valence-electron chi connectivity index (χ4n) is 3.15. The molecule has 0 unspecified atom stereocenters. The highest BCUT2D eigenvalue weighted by atomic mass is 35.5. The maximum absolute atomic E-state index is 13.2. The molecule has 3 aromatic rings. The number of amides is 1. The number of alkyl halides is 3. The van der Waals surface area contributed by atoms with E-state index in [9.17, 15) is 18.0 Å². The van der Waals surface area contributed by atoms with Gasteiger partial charge in [-0.05, 0) is 24.3 Å². The summed E-state index contributed by atoms with van der Waals surface area (Å²) in [6.45, 7) is 1.96. The van der Waals surface area contributed by atoms with Crippen LogP contribution in [0.15, 0.2) is 35.9 Å². The van der Waals surface area contributed by atoms with E-state index in [-0.39, 0.29) is 10.8 Å². The highest BCUT2D eigenvalue weighted by Gasteiger charge is 2.31. The van der Waals surface area contributed by atoms with Crippen LogP contribution in [-0.2, 0) is 15.7 Å². The maximum atomic E-state index is 13.2. The lowest BCUT2D eigenvalue weighted by Crippen LogP contribution is -2.36. The molecule has 0 aliphatic carbocycles.